The third-order valence-corrected chi connectivity index (χ3v) is 5.37. The van der Waals surface area contributed by atoms with Crippen molar-refractivity contribution < 1.29 is 28.2 Å². The van der Waals surface area contributed by atoms with Crippen LogP contribution in [0.2, 0.25) is 0 Å². The fourth-order valence-electron chi connectivity index (χ4n) is 3.82. The van der Waals surface area contributed by atoms with Gasteiger partial charge >= 0.3 is 5.97 Å². The van der Waals surface area contributed by atoms with Crippen LogP contribution in [-0.4, -0.2) is 56.6 Å². The first-order valence-corrected chi connectivity index (χ1v) is 9.87. The molecule has 2 atom stereocenters. The molecule has 3 rings (SSSR count). The van der Waals surface area contributed by atoms with Crippen LogP contribution in [0.5, 0.6) is 0 Å². The number of piperidine rings is 1. The molecule has 2 heterocycles. The average Bonchev–Trinajstić information content (AvgIpc) is 3.07. The average molecular weight is 419 g/mol. The molecule has 0 bridgehead atoms. The first-order valence-electron chi connectivity index (χ1n) is 9.87. The Labute approximate surface area is 175 Å². The van der Waals surface area contributed by atoms with E-state index >= 15 is 0 Å². The van der Waals surface area contributed by atoms with Crippen molar-refractivity contribution in [3.63, 3.8) is 0 Å². The molecule has 30 heavy (non-hydrogen) atoms. The van der Waals surface area contributed by atoms with Crippen molar-refractivity contribution in [3.8, 4) is 0 Å². The second-order valence-electron chi connectivity index (χ2n) is 7.92. The van der Waals surface area contributed by atoms with Crippen LogP contribution in [0.15, 0.2) is 18.2 Å². The number of anilines is 1. The molecule has 8 nitrogen and oxygen atoms in total. The van der Waals surface area contributed by atoms with Crippen molar-refractivity contribution in [1.82, 2.24) is 5.32 Å². The van der Waals surface area contributed by atoms with Crippen LogP contribution in [0, 0.1) is 18.3 Å². The summed E-state index contributed by atoms with van der Waals surface area (Å²) in [5.74, 6) is -2.29. The molecule has 2 fully saturated rings. The van der Waals surface area contributed by atoms with Gasteiger partial charge in [-0.2, -0.15) is 0 Å². The van der Waals surface area contributed by atoms with Crippen molar-refractivity contribution >= 4 is 23.3 Å². The second kappa shape index (κ2) is 8.98. The second-order valence-corrected chi connectivity index (χ2v) is 7.92. The van der Waals surface area contributed by atoms with Crippen molar-refractivity contribution in [1.29, 1.82) is 0 Å². The van der Waals surface area contributed by atoms with Crippen LogP contribution in [0.3, 0.4) is 0 Å². The lowest BCUT2D eigenvalue weighted by atomic mass is 9.96. The molecule has 1 N–H and O–H groups in total. The number of esters is 1. The maximum atomic E-state index is 13.4. The maximum absolute atomic E-state index is 13.4. The van der Waals surface area contributed by atoms with E-state index in [0.717, 1.165) is 18.5 Å². The lowest BCUT2D eigenvalue weighted by Crippen LogP contribution is -2.46. The largest absolute Gasteiger partial charge is 0.467 e. The highest BCUT2D eigenvalue weighted by atomic mass is 19.1. The Morgan fingerprint density at radius 2 is 1.97 bits per heavy atom. The van der Waals surface area contributed by atoms with Gasteiger partial charge in [0.1, 0.15) is 5.82 Å². The lowest BCUT2D eigenvalue weighted by molar-refractivity contribution is -0.168. The smallest absolute Gasteiger partial charge is 0.338 e. The number of hydrogen-bond acceptors (Lipinski definition) is 6. The van der Waals surface area contributed by atoms with Gasteiger partial charge in [-0.05, 0) is 50.8 Å². The van der Waals surface area contributed by atoms with E-state index in [9.17, 15) is 14.0 Å². The van der Waals surface area contributed by atoms with Gasteiger partial charge in [-0.1, -0.05) is 0 Å². The van der Waals surface area contributed by atoms with Crippen LogP contribution in [0.4, 0.5) is 15.8 Å². The van der Waals surface area contributed by atoms with Gasteiger partial charge in [0.05, 0.1) is 13.7 Å². The molecule has 162 valence electrons. The Kier molecular flexibility index (Phi) is 6.58. The van der Waals surface area contributed by atoms with E-state index in [4.69, 9.17) is 20.8 Å². The molecule has 0 saturated carbocycles. The molecular weight excluding hydrogens is 393 g/mol. The zero-order chi connectivity index (χ0) is 21.9. The van der Waals surface area contributed by atoms with Crippen LogP contribution < -0.4 is 10.2 Å². The number of rotatable bonds is 5. The Morgan fingerprint density at radius 1 is 1.30 bits per heavy atom. The number of nitrogens with zero attached hydrogens (tertiary/aromatic N) is 2. The van der Waals surface area contributed by atoms with Crippen LogP contribution in [-0.2, 0) is 23.8 Å². The van der Waals surface area contributed by atoms with Gasteiger partial charge in [0, 0.05) is 25.3 Å². The number of halogens is 1. The zero-order valence-corrected chi connectivity index (χ0v) is 17.3. The van der Waals surface area contributed by atoms with E-state index in [0.29, 0.717) is 25.3 Å². The number of methoxy groups -OCH3 is 1. The number of carbonyl (C=O) groups is 2. The molecule has 0 aromatic heterocycles. The van der Waals surface area contributed by atoms with Crippen molar-refractivity contribution in [2.24, 2.45) is 5.92 Å². The molecule has 1 aromatic carbocycles. The molecule has 0 unspecified atom stereocenters. The summed E-state index contributed by atoms with van der Waals surface area (Å²) in [6.45, 7) is 12.4. The fourth-order valence-corrected chi connectivity index (χ4v) is 3.82. The third kappa shape index (κ3) is 4.89. The van der Waals surface area contributed by atoms with Gasteiger partial charge in [0.15, 0.2) is 18.0 Å². The number of amides is 1. The minimum atomic E-state index is -1.10. The predicted molar refractivity (Wildman–Crippen MR) is 106 cm³/mol. The van der Waals surface area contributed by atoms with Crippen LogP contribution >= 0.6 is 0 Å². The molecule has 1 aromatic rings. The summed E-state index contributed by atoms with van der Waals surface area (Å²) in [5, 5.41) is 2.86. The first-order chi connectivity index (χ1) is 14.2. The fraction of sp³-hybridized carbons (Fsp3) is 0.571. The quantitative estimate of drug-likeness (QED) is 0.583. The number of hydrogen-bond donors (Lipinski definition) is 1. The Morgan fingerprint density at radius 3 is 2.60 bits per heavy atom. The summed E-state index contributed by atoms with van der Waals surface area (Å²) >= 11 is 0. The highest BCUT2D eigenvalue weighted by molar-refractivity contribution is 5.89. The lowest BCUT2D eigenvalue weighted by Gasteiger charge is -2.34. The summed E-state index contributed by atoms with van der Waals surface area (Å²) in [6.07, 6.45) is -0.545. The Hall–Kier alpha value is -2.70. The highest BCUT2D eigenvalue weighted by Gasteiger charge is 2.49. The topological polar surface area (TPSA) is 81.5 Å². The van der Waals surface area contributed by atoms with Gasteiger partial charge in [-0.3, -0.25) is 4.79 Å². The van der Waals surface area contributed by atoms with Crippen molar-refractivity contribution in [2.45, 2.75) is 44.7 Å². The first kappa shape index (κ1) is 22.0. The minimum Gasteiger partial charge on any atom is -0.467 e. The van der Waals surface area contributed by atoms with E-state index in [-0.39, 0.29) is 5.92 Å². The number of ether oxygens (including phenoxy) is 3. The summed E-state index contributed by atoms with van der Waals surface area (Å²) < 4.78 is 29.2. The summed E-state index contributed by atoms with van der Waals surface area (Å²) in [4.78, 5) is 30.0. The molecular formula is C21H26FN3O5. The number of benzene rings is 1. The Bertz CT molecular complexity index is 846. The maximum Gasteiger partial charge on any atom is 0.338 e. The summed E-state index contributed by atoms with van der Waals surface area (Å²) in [5.41, 5.74) is 1.03. The molecule has 0 aliphatic carbocycles. The van der Waals surface area contributed by atoms with E-state index < -0.39 is 35.7 Å². The van der Waals surface area contributed by atoms with Gasteiger partial charge in [-0.15, -0.1) is 0 Å². The zero-order valence-electron chi connectivity index (χ0n) is 17.3. The third-order valence-electron chi connectivity index (χ3n) is 5.37. The van der Waals surface area contributed by atoms with E-state index in [1.807, 2.05) is 0 Å². The summed E-state index contributed by atoms with van der Waals surface area (Å²) in [7, 11) is 1.24. The van der Waals surface area contributed by atoms with Gasteiger partial charge in [0.25, 0.3) is 5.91 Å². The minimum absolute atomic E-state index is 0.244. The van der Waals surface area contributed by atoms with Gasteiger partial charge in [0.2, 0.25) is 5.69 Å². The molecule has 2 aliphatic rings. The molecule has 2 aliphatic heterocycles. The SMILES string of the molecule is [C-]#[N+]c1cc(F)ccc1N1CCC(CNC(=O)[C@@H]2OC(C)(C)O[C@H]2C(=O)OC)CC1. The van der Waals surface area contributed by atoms with Crippen molar-refractivity contribution in [2.75, 3.05) is 31.6 Å². The normalized spacial score (nSPS) is 23.6. The Balaban J connectivity index is 1.53. The van der Waals surface area contributed by atoms with Crippen LogP contribution in [0.1, 0.15) is 26.7 Å². The molecule has 0 radical (unpaired) electrons. The van der Waals surface area contributed by atoms with E-state index in [1.54, 1.807) is 19.9 Å². The molecule has 9 heteroatoms. The monoisotopic (exact) mass is 419 g/mol. The molecule has 0 spiro atoms. The standard InChI is InChI=1S/C21H26FN3O5/c1-21(2)29-17(18(30-21)20(27)28-4)19(26)24-12-13-7-9-25(10-8-13)16-6-5-14(22)11-15(16)23-3/h5-6,11,13,17-18H,7-10,12H2,1-2,4H3,(H,24,26)/t17-,18-/m1/s1. The predicted octanol–water partition coefficient (Wildman–Crippen LogP) is 2.40. The van der Waals surface area contributed by atoms with E-state index in [2.05, 4.69) is 15.1 Å². The summed E-state index contributed by atoms with van der Waals surface area (Å²) in [6, 6.07) is 4.24. The van der Waals surface area contributed by atoms with Crippen LogP contribution in [0.25, 0.3) is 4.85 Å². The molecule has 1 amide bonds. The highest BCUT2D eigenvalue weighted by Crippen LogP contribution is 2.33. The van der Waals surface area contributed by atoms with Gasteiger partial charge < -0.3 is 24.4 Å². The van der Waals surface area contributed by atoms with Crippen molar-refractivity contribution in [3.05, 3.63) is 35.4 Å². The number of carbonyl (C=O) groups excluding carboxylic acids is 2. The van der Waals surface area contributed by atoms with E-state index in [1.165, 1.54) is 19.2 Å². The number of nitrogens with one attached hydrogen (secondary N) is 1. The van der Waals surface area contributed by atoms with Gasteiger partial charge in [-0.25, -0.2) is 14.0 Å². The molecule has 2 saturated heterocycles.